The molecule has 0 aromatic heterocycles. The highest BCUT2D eigenvalue weighted by molar-refractivity contribution is 7.89. The highest BCUT2D eigenvalue weighted by atomic mass is 35.5. The molecule has 0 heterocycles. The molecule has 1 aromatic carbocycles. The summed E-state index contributed by atoms with van der Waals surface area (Å²) in [5, 5.41) is 9.96. The summed E-state index contributed by atoms with van der Waals surface area (Å²) in [6.45, 7) is 3.66. The molecule has 0 saturated carbocycles. The molecule has 1 rings (SSSR count). The van der Waals surface area contributed by atoms with Crippen LogP contribution in [0.25, 0.3) is 0 Å². The van der Waals surface area contributed by atoms with E-state index in [1.165, 1.54) is 0 Å². The van der Waals surface area contributed by atoms with Crippen LogP contribution in [0.2, 0.25) is 5.02 Å². The van der Waals surface area contributed by atoms with Crippen molar-refractivity contribution in [3.63, 3.8) is 0 Å². The quantitative estimate of drug-likeness (QED) is 0.774. The van der Waals surface area contributed by atoms with Gasteiger partial charge in [-0.15, -0.1) is 0 Å². The van der Waals surface area contributed by atoms with E-state index in [1.54, 1.807) is 24.3 Å². The van der Waals surface area contributed by atoms with Crippen LogP contribution in [0.15, 0.2) is 24.3 Å². The molecular weight excluding hydrogens is 298 g/mol. The Hall–Kier alpha value is -0.620. The predicted molar refractivity (Wildman–Crippen MR) is 82.3 cm³/mol. The maximum absolute atomic E-state index is 12.1. The Morgan fingerprint density at radius 1 is 1.30 bits per heavy atom. The molecule has 6 heteroatoms. The van der Waals surface area contributed by atoms with E-state index in [2.05, 4.69) is 4.72 Å². The van der Waals surface area contributed by atoms with Crippen LogP contribution in [0, 0.1) is 5.92 Å². The van der Waals surface area contributed by atoms with E-state index < -0.39 is 16.1 Å². The second kappa shape index (κ2) is 7.98. The Balaban J connectivity index is 2.74. The Morgan fingerprint density at radius 2 is 1.90 bits per heavy atom. The first-order chi connectivity index (χ1) is 9.38. The number of hydrogen-bond acceptors (Lipinski definition) is 3. The Labute approximate surface area is 126 Å². The van der Waals surface area contributed by atoms with Crippen molar-refractivity contribution >= 4 is 21.6 Å². The average molecular weight is 320 g/mol. The van der Waals surface area contributed by atoms with Gasteiger partial charge in [-0.3, -0.25) is 0 Å². The molecule has 1 aromatic rings. The summed E-state index contributed by atoms with van der Waals surface area (Å²) < 4.78 is 26.7. The van der Waals surface area contributed by atoms with E-state index in [0.29, 0.717) is 10.6 Å². The van der Waals surface area contributed by atoms with Crippen LogP contribution >= 0.6 is 11.6 Å². The zero-order valence-electron chi connectivity index (χ0n) is 11.8. The molecule has 2 unspecified atom stereocenters. The van der Waals surface area contributed by atoms with Crippen molar-refractivity contribution in [2.24, 2.45) is 5.92 Å². The van der Waals surface area contributed by atoms with Crippen LogP contribution < -0.4 is 4.72 Å². The van der Waals surface area contributed by atoms with Gasteiger partial charge in [-0.2, -0.15) is 0 Å². The molecule has 0 spiro atoms. The fourth-order valence-corrected chi connectivity index (χ4v) is 3.90. The summed E-state index contributed by atoms with van der Waals surface area (Å²) in [5.41, 5.74) is 0.698. The summed E-state index contributed by atoms with van der Waals surface area (Å²) in [6.07, 6.45) is 1.82. The molecule has 4 nitrogen and oxygen atoms in total. The first-order valence-corrected chi connectivity index (χ1v) is 8.77. The molecule has 0 bridgehead atoms. The summed E-state index contributed by atoms with van der Waals surface area (Å²) in [6, 6.07) is 6.13. The van der Waals surface area contributed by atoms with Gasteiger partial charge < -0.3 is 5.11 Å². The lowest BCUT2D eigenvalue weighted by Gasteiger charge is -2.18. The Bertz CT molecular complexity index is 502. The number of nitrogens with one attached hydrogen (secondary N) is 1. The number of sulfonamides is 1. The van der Waals surface area contributed by atoms with E-state index in [-0.39, 0.29) is 18.3 Å². The topological polar surface area (TPSA) is 66.4 Å². The van der Waals surface area contributed by atoms with E-state index in [9.17, 15) is 13.5 Å². The van der Waals surface area contributed by atoms with E-state index in [4.69, 9.17) is 11.6 Å². The van der Waals surface area contributed by atoms with Crippen LogP contribution in [0.3, 0.4) is 0 Å². The SMILES string of the molecule is CCCC(C)CS(=O)(=O)NC(CO)c1ccc(Cl)cc1. The monoisotopic (exact) mass is 319 g/mol. The highest BCUT2D eigenvalue weighted by Crippen LogP contribution is 2.18. The van der Waals surface area contributed by atoms with Gasteiger partial charge in [0.2, 0.25) is 10.0 Å². The van der Waals surface area contributed by atoms with Gasteiger partial charge in [-0.1, -0.05) is 44.0 Å². The molecule has 0 aliphatic carbocycles. The minimum absolute atomic E-state index is 0.0743. The van der Waals surface area contributed by atoms with Crippen LogP contribution in [0.1, 0.15) is 38.3 Å². The molecule has 2 atom stereocenters. The lowest BCUT2D eigenvalue weighted by atomic mass is 10.1. The van der Waals surface area contributed by atoms with Gasteiger partial charge >= 0.3 is 0 Å². The maximum Gasteiger partial charge on any atom is 0.212 e. The summed E-state index contributed by atoms with van der Waals surface area (Å²) in [4.78, 5) is 0. The van der Waals surface area contributed by atoms with E-state index in [1.807, 2.05) is 13.8 Å². The van der Waals surface area contributed by atoms with Crippen molar-refractivity contribution < 1.29 is 13.5 Å². The van der Waals surface area contributed by atoms with Crippen molar-refractivity contribution in [2.45, 2.75) is 32.7 Å². The normalized spacial score (nSPS) is 15.0. The van der Waals surface area contributed by atoms with Crippen molar-refractivity contribution in [3.05, 3.63) is 34.9 Å². The van der Waals surface area contributed by atoms with Crippen molar-refractivity contribution in [3.8, 4) is 0 Å². The van der Waals surface area contributed by atoms with Gasteiger partial charge in [0.25, 0.3) is 0 Å². The zero-order chi connectivity index (χ0) is 15.2. The number of rotatable bonds is 8. The van der Waals surface area contributed by atoms with Crippen molar-refractivity contribution in [1.82, 2.24) is 4.72 Å². The standard InChI is InChI=1S/C14H22ClNO3S/c1-3-4-11(2)10-20(18,19)16-14(9-17)12-5-7-13(15)8-6-12/h5-8,11,14,16-17H,3-4,9-10H2,1-2H3. The lowest BCUT2D eigenvalue weighted by molar-refractivity contribution is 0.258. The maximum atomic E-state index is 12.1. The number of aliphatic hydroxyl groups excluding tert-OH is 1. The lowest BCUT2D eigenvalue weighted by Crippen LogP contribution is -2.34. The number of benzene rings is 1. The second-order valence-corrected chi connectivity index (χ2v) is 7.31. The zero-order valence-corrected chi connectivity index (χ0v) is 13.4. The first kappa shape index (κ1) is 17.4. The van der Waals surface area contributed by atoms with Gasteiger partial charge in [-0.05, 0) is 30.0 Å². The highest BCUT2D eigenvalue weighted by Gasteiger charge is 2.21. The van der Waals surface area contributed by atoms with Gasteiger partial charge in [0.1, 0.15) is 0 Å². The molecule has 0 saturated heterocycles. The van der Waals surface area contributed by atoms with E-state index >= 15 is 0 Å². The van der Waals surface area contributed by atoms with Crippen molar-refractivity contribution in [2.75, 3.05) is 12.4 Å². The molecule has 0 radical (unpaired) electrons. The van der Waals surface area contributed by atoms with Crippen LogP contribution in [-0.4, -0.2) is 25.9 Å². The molecule has 0 fully saturated rings. The first-order valence-electron chi connectivity index (χ1n) is 6.74. The minimum atomic E-state index is -3.42. The third kappa shape index (κ3) is 5.79. The van der Waals surface area contributed by atoms with Crippen LogP contribution in [0.4, 0.5) is 0 Å². The number of halogens is 1. The van der Waals surface area contributed by atoms with Gasteiger partial charge in [-0.25, -0.2) is 13.1 Å². The predicted octanol–water partition coefficient (Wildman–Crippen LogP) is 2.73. The molecule has 0 aliphatic rings. The smallest absolute Gasteiger partial charge is 0.212 e. The van der Waals surface area contributed by atoms with Crippen molar-refractivity contribution in [1.29, 1.82) is 0 Å². The van der Waals surface area contributed by atoms with Gasteiger partial charge in [0, 0.05) is 5.02 Å². The minimum Gasteiger partial charge on any atom is -0.394 e. The Kier molecular flexibility index (Phi) is 6.95. The summed E-state index contributed by atoms with van der Waals surface area (Å²) >= 11 is 5.80. The molecule has 0 aliphatic heterocycles. The number of hydrogen-bond donors (Lipinski definition) is 2. The largest absolute Gasteiger partial charge is 0.394 e. The fourth-order valence-electron chi connectivity index (χ4n) is 2.12. The molecule has 114 valence electrons. The average Bonchev–Trinajstić information content (AvgIpc) is 2.36. The molecule has 2 N–H and O–H groups in total. The van der Waals surface area contributed by atoms with E-state index in [0.717, 1.165) is 12.8 Å². The second-order valence-electron chi connectivity index (χ2n) is 5.08. The third-order valence-electron chi connectivity index (χ3n) is 3.06. The Morgan fingerprint density at radius 3 is 2.40 bits per heavy atom. The molecular formula is C14H22ClNO3S. The van der Waals surface area contributed by atoms with Gasteiger partial charge in [0.05, 0.1) is 18.4 Å². The van der Waals surface area contributed by atoms with Gasteiger partial charge in [0.15, 0.2) is 0 Å². The van der Waals surface area contributed by atoms with Crippen LogP contribution in [0.5, 0.6) is 0 Å². The molecule has 20 heavy (non-hydrogen) atoms. The van der Waals surface area contributed by atoms with Crippen LogP contribution in [-0.2, 0) is 10.0 Å². The summed E-state index contributed by atoms with van der Waals surface area (Å²) in [5.74, 6) is 0.173. The number of aliphatic hydroxyl groups is 1. The molecule has 0 amide bonds. The fraction of sp³-hybridized carbons (Fsp3) is 0.571. The summed E-state index contributed by atoms with van der Waals surface area (Å²) in [7, 11) is -3.42. The third-order valence-corrected chi connectivity index (χ3v) is 4.97.